The normalized spacial score (nSPS) is 16.6. The van der Waals surface area contributed by atoms with Gasteiger partial charge in [0.2, 0.25) is 5.91 Å². The van der Waals surface area contributed by atoms with Crippen LogP contribution in [0.3, 0.4) is 0 Å². The lowest BCUT2D eigenvalue weighted by molar-refractivity contribution is -0.129. The van der Waals surface area contributed by atoms with Gasteiger partial charge in [0.1, 0.15) is 17.0 Å². The molecule has 0 aromatic carbocycles. The fourth-order valence-electron chi connectivity index (χ4n) is 2.75. The third-order valence-electron chi connectivity index (χ3n) is 4.05. The van der Waals surface area contributed by atoms with E-state index in [0.717, 1.165) is 42.0 Å². The van der Waals surface area contributed by atoms with E-state index in [1.165, 1.54) is 0 Å². The van der Waals surface area contributed by atoms with E-state index in [1.54, 1.807) is 24.6 Å². The average molecular weight is 290 g/mol. The zero-order valence-electron chi connectivity index (χ0n) is 11.7. The maximum absolute atomic E-state index is 11.4. The molecule has 0 N–H and O–H groups in total. The minimum absolute atomic E-state index is 0.144. The molecule has 1 saturated heterocycles. The Morgan fingerprint density at radius 3 is 2.85 bits per heavy atom. The third-order valence-corrected chi connectivity index (χ3v) is 4.87. The molecule has 2 aromatic heterocycles. The maximum atomic E-state index is 11.4. The molecule has 0 radical (unpaired) electrons. The second-order valence-corrected chi connectivity index (χ2v) is 6.08. The van der Waals surface area contributed by atoms with Crippen molar-refractivity contribution >= 4 is 33.3 Å². The number of anilines is 1. The molecule has 5 nitrogen and oxygen atoms in total. The molecule has 1 amide bonds. The highest BCUT2D eigenvalue weighted by molar-refractivity contribution is 7.16. The molecule has 0 saturated carbocycles. The van der Waals surface area contributed by atoms with E-state index >= 15 is 0 Å². The van der Waals surface area contributed by atoms with Crippen LogP contribution in [0.2, 0.25) is 0 Å². The Balaban J connectivity index is 1.75. The highest BCUT2D eigenvalue weighted by Gasteiger charge is 2.25. The number of piperidine rings is 1. The summed E-state index contributed by atoms with van der Waals surface area (Å²) in [5.74, 6) is 1.17. The van der Waals surface area contributed by atoms with E-state index in [4.69, 9.17) is 0 Å². The quantitative estimate of drug-likeness (QED) is 0.850. The van der Waals surface area contributed by atoms with Crippen LogP contribution in [0.5, 0.6) is 0 Å². The smallest absolute Gasteiger partial charge is 0.219 e. The van der Waals surface area contributed by atoms with Gasteiger partial charge >= 0.3 is 0 Å². The van der Waals surface area contributed by atoms with Gasteiger partial charge in [-0.1, -0.05) is 0 Å². The summed E-state index contributed by atoms with van der Waals surface area (Å²) in [5, 5.41) is 3.19. The molecule has 0 spiro atoms. The monoisotopic (exact) mass is 290 g/mol. The number of rotatable bonds is 2. The van der Waals surface area contributed by atoms with Crippen molar-refractivity contribution in [1.29, 1.82) is 0 Å². The number of thiophene rings is 1. The summed E-state index contributed by atoms with van der Waals surface area (Å²) >= 11 is 1.64. The van der Waals surface area contributed by atoms with Gasteiger partial charge in [-0.05, 0) is 24.3 Å². The predicted molar refractivity (Wildman–Crippen MR) is 81.1 cm³/mol. The Kier molecular flexibility index (Phi) is 3.56. The van der Waals surface area contributed by atoms with Gasteiger partial charge in [-0.25, -0.2) is 9.97 Å². The van der Waals surface area contributed by atoms with Crippen LogP contribution in [0.1, 0.15) is 19.8 Å². The Morgan fingerprint density at radius 2 is 2.15 bits per heavy atom. The topological polar surface area (TPSA) is 49.3 Å². The first-order valence-electron chi connectivity index (χ1n) is 6.83. The van der Waals surface area contributed by atoms with Crippen LogP contribution in [-0.2, 0) is 4.79 Å². The number of aromatic nitrogens is 2. The second-order valence-electron chi connectivity index (χ2n) is 5.18. The molecule has 0 bridgehead atoms. The molecule has 6 heteroatoms. The number of fused-ring (bicyclic) bond motifs is 1. The minimum Gasteiger partial charge on any atom is -0.356 e. The van der Waals surface area contributed by atoms with Gasteiger partial charge < -0.3 is 9.80 Å². The standard InChI is InChI=1S/C14H18N4OS/c1-10(19)17(2)11-3-6-18(7-4-11)13-12-5-8-20-14(12)16-9-15-13/h5,8-9,11H,3-4,6-7H2,1-2H3. The van der Waals surface area contributed by atoms with Crippen LogP contribution in [-0.4, -0.2) is 47.0 Å². The van der Waals surface area contributed by atoms with E-state index in [2.05, 4.69) is 26.3 Å². The van der Waals surface area contributed by atoms with E-state index < -0.39 is 0 Å². The molecule has 0 unspecified atom stereocenters. The average Bonchev–Trinajstić information content (AvgIpc) is 2.95. The first kappa shape index (κ1) is 13.3. The lowest BCUT2D eigenvalue weighted by Crippen LogP contribution is -2.45. The summed E-state index contributed by atoms with van der Waals surface area (Å²) in [6.45, 7) is 3.50. The van der Waals surface area contributed by atoms with Crippen molar-refractivity contribution in [3.05, 3.63) is 17.8 Å². The molecule has 106 valence electrons. The Labute approximate surface area is 122 Å². The molecule has 3 heterocycles. The van der Waals surface area contributed by atoms with Crippen molar-refractivity contribution in [2.24, 2.45) is 0 Å². The zero-order chi connectivity index (χ0) is 14.1. The van der Waals surface area contributed by atoms with Crippen molar-refractivity contribution < 1.29 is 4.79 Å². The van der Waals surface area contributed by atoms with Gasteiger partial charge in [-0.2, -0.15) is 0 Å². The summed E-state index contributed by atoms with van der Waals surface area (Å²) in [7, 11) is 1.89. The predicted octanol–water partition coefficient (Wildman–Crippen LogP) is 2.14. The fraction of sp³-hybridized carbons (Fsp3) is 0.500. The van der Waals surface area contributed by atoms with Crippen LogP contribution < -0.4 is 4.90 Å². The molecule has 0 aliphatic carbocycles. The van der Waals surface area contributed by atoms with E-state index in [1.807, 2.05) is 11.9 Å². The minimum atomic E-state index is 0.144. The van der Waals surface area contributed by atoms with Crippen LogP contribution in [0.4, 0.5) is 5.82 Å². The zero-order valence-corrected chi connectivity index (χ0v) is 12.6. The number of carbonyl (C=O) groups excluding carboxylic acids is 1. The highest BCUT2D eigenvalue weighted by atomic mass is 32.1. The first-order valence-corrected chi connectivity index (χ1v) is 7.71. The lowest BCUT2D eigenvalue weighted by Gasteiger charge is -2.37. The first-order chi connectivity index (χ1) is 9.66. The number of amides is 1. The fourth-order valence-corrected chi connectivity index (χ4v) is 3.48. The van der Waals surface area contributed by atoms with Crippen molar-refractivity contribution in [2.45, 2.75) is 25.8 Å². The number of hydrogen-bond acceptors (Lipinski definition) is 5. The number of nitrogens with zero attached hydrogens (tertiary/aromatic N) is 4. The SMILES string of the molecule is CC(=O)N(C)C1CCN(c2ncnc3sccc23)CC1. The molecule has 3 rings (SSSR count). The van der Waals surface area contributed by atoms with Gasteiger partial charge in [0.05, 0.1) is 5.39 Å². The Bertz CT molecular complexity index is 618. The Hall–Kier alpha value is -1.69. The summed E-state index contributed by atoms with van der Waals surface area (Å²) in [5.41, 5.74) is 0. The maximum Gasteiger partial charge on any atom is 0.219 e. The molecule has 20 heavy (non-hydrogen) atoms. The molecular formula is C14H18N4OS. The highest BCUT2D eigenvalue weighted by Crippen LogP contribution is 2.29. The summed E-state index contributed by atoms with van der Waals surface area (Å²) in [6.07, 6.45) is 3.62. The molecule has 2 aromatic rings. The number of hydrogen-bond donors (Lipinski definition) is 0. The van der Waals surface area contributed by atoms with Crippen LogP contribution in [0, 0.1) is 0 Å². The Morgan fingerprint density at radius 1 is 1.40 bits per heavy atom. The summed E-state index contributed by atoms with van der Waals surface area (Å²) < 4.78 is 0. The lowest BCUT2D eigenvalue weighted by atomic mass is 10.0. The summed E-state index contributed by atoms with van der Waals surface area (Å²) in [6, 6.07) is 2.44. The van der Waals surface area contributed by atoms with Gasteiger partial charge in [0, 0.05) is 33.1 Å². The van der Waals surface area contributed by atoms with E-state index in [9.17, 15) is 4.79 Å². The molecule has 0 atom stereocenters. The van der Waals surface area contributed by atoms with Crippen LogP contribution in [0.25, 0.3) is 10.2 Å². The van der Waals surface area contributed by atoms with Crippen molar-refractivity contribution in [3.63, 3.8) is 0 Å². The molecule has 1 aliphatic rings. The van der Waals surface area contributed by atoms with E-state index in [-0.39, 0.29) is 5.91 Å². The molecule has 1 aliphatic heterocycles. The van der Waals surface area contributed by atoms with Gasteiger partial charge in [0.25, 0.3) is 0 Å². The van der Waals surface area contributed by atoms with Crippen molar-refractivity contribution in [1.82, 2.24) is 14.9 Å². The number of carbonyl (C=O) groups is 1. The largest absolute Gasteiger partial charge is 0.356 e. The van der Waals surface area contributed by atoms with Gasteiger partial charge in [-0.3, -0.25) is 4.79 Å². The van der Waals surface area contributed by atoms with E-state index in [0.29, 0.717) is 6.04 Å². The molecular weight excluding hydrogens is 272 g/mol. The summed E-state index contributed by atoms with van der Waals surface area (Å²) in [4.78, 5) is 25.4. The van der Waals surface area contributed by atoms with Crippen LogP contribution >= 0.6 is 11.3 Å². The van der Waals surface area contributed by atoms with Crippen LogP contribution in [0.15, 0.2) is 17.8 Å². The van der Waals surface area contributed by atoms with Crippen molar-refractivity contribution in [2.75, 3.05) is 25.0 Å². The van der Waals surface area contributed by atoms with Gasteiger partial charge in [0.15, 0.2) is 0 Å². The second kappa shape index (κ2) is 5.36. The molecule has 1 fully saturated rings. The third kappa shape index (κ3) is 2.35. The van der Waals surface area contributed by atoms with Crippen molar-refractivity contribution in [3.8, 4) is 0 Å². The van der Waals surface area contributed by atoms with Gasteiger partial charge in [-0.15, -0.1) is 11.3 Å².